The molecule has 0 amide bonds. The number of likely N-dealkylation sites (N-methyl/N-ethyl adjacent to an activating group) is 1. The van der Waals surface area contributed by atoms with Crippen LogP contribution in [0.25, 0.3) is 10.1 Å². The third-order valence-corrected chi connectivity index (χ3v) is 6.90. The number of hydrogen-bond acceptors (Lipinski definition) is 7. The molecule has 1 aromatic carbocycles. The minimum Gasteiger partial charge on any atom is -0.507 e. The third kappa shape index (κ3) is 3.37. The zero-order chi connectivity index (χ0) is 19.1. The molecule has 6 nitrogen and oxygen atoms in total. The van der Waals surface area contributed by atoms with Crippen LogP contribution in [0.15, 0.2) is 45.8 Å². The second kappa shape index (κ2) is 7.37. The third-order valence-electron chi connectivity index (χ3n) is 6.02. The van der Waals surface area contributed by atoms with E-state index in [-0.39, 0.29) is 6.17 Å². The van der Waals surface area contributed by atoms with Crippen LogP contribution in [0.3, 0.4) is 0 Å². The second-order valence-electron chi connectivity index (χ2n) is 7.99. The van der Waals surface area contributed by atoms with Crippen molar-refractivity contribution in [3.8, 4) is 5.75 Å². The van der Waals surface area contributed by atoms with Crippen molar-refractivity contribution in [3.05, 3.63) is 41.2 Å². The summed E-state index contributed by atoms with van der Waals surface area (Å²) in [5.41, 5.74) is 0.840. The summed E-state index contributed by atoms with van der Waals surface area (Å²) in [6.07, 6.45) is 6.61. The van der Waals surface area contributed by atoms with Gasteiger partial charge in [0.2, 0.25) is 0 Å². The van der Waals surface area contributed by atoms with Gasteiger partial charge >= 0.3 is 0 Å². The largest absolute Gasteiger partial charge is 0.507 e. The Morgan fingerprint density at radius 1 is 1.25 bits per heavy atom. The molecule has 3 aliphatic rings. The molecule has 148 valence electrons. The van der Waals surface area contributed by atoms with Crippen molar-refractivity contribution in [3.63, 3.8) is 0 Å². The fraction of sp³-hybridized carbons (Fsp3) is 0.524. The van der Waals surface area contributed by atoms with E-state index in [4.69, 9.17) is 0 Å². The number of hydrogen-bond donors (Lipinski definition) is 2. The Morgan fingerprint density at radius 2 is 2.14 bits per heavy atom. The number of phenolic OH excluding ortho intramolecular Hbond substituents is 1. The first-order valence-electron chi connectivity index (χ1n) is 10.3. The Labute approximate surface area is 169 Å². The number of nitrogens with zero attached hydrogens (tertiary/aromatic N) is 4. The molecule has 0 spiro atoms. The van der Waals surface area contributed by atoms with Crippen molar-refractivity contribution in [2.45, 2.75) is 50.9 Å². The zero-order valence-corrected chi connectivity index (χ0v) is 17.0. The Morgan fingerprint density at radius 3 is 2.96 bits per heavy atom. The molecule has 1 saturated heterocycles. The van der Waals surface area contributed by atoms with E-state index < -0.39 is 0 Å². The van der Waals surface area contributed by atoms with Gasteiger partial charge in [0.05, 0.1) is 0 Å². The lowest BCUT2D eigenvalue weighted by Gasteiger charge is -2.35. The van der Waals surface area contributed by atoms with E-state index in [9.17, 15) is 5.11 Å². The van der Waals surface area contributed by atoms with E-state index in [0.717, 1.165) is 34.6 Å². The fourth-order valence-electron chi connectivity index (χ4n) is 4.30. The van der Waals surface area contributed by atoms with Gasteiger partial charge in [0.15, 0.2) is 12.0 Å². The predicted molar refractivity (Wildman–Crippen MR) is 112 cm³/mol. The van der Waals surface area contributed by atoms with Gasteiger partial charge < -0.3 is 20.2 Å². The SMILES string of the molecule is CCN1CCCC(NC2=CN(C3CC3)[C@@H](c3ccc4sccc4c3O)N=N2)C1. The number of likely N-dealkylation sites (tertiary alicyclic amines) is 1. The molecule has 3 heterocycles. The van der Waals surface area contributed by atoms with Gasteiger partial charge in [0.1, 0.15) is 5.75 Å². The van der Waals surface area contributed by atoms with E-state index in [1.165, 1.54) is 32.2 Å². The highest BCUT2D eigenvalue weighted by molar-refractivity contribution is 7.17. The van der Waals surface area contributed by atoms with Crippen LogP contribution in [0.2, 0.25) is 0 Å². The first kappa shape index (κ1) is 17.9. The lowest BCUT2D eigenvalue weighted by atomic mass is 10.1. The van der Waals surface area contributed by atoms with Crippen molar-refractivity contribution in [2.24, 2.45) is 10.2 Å². The first-order valence-corrected chi connectivity index (χ1v) is 11.2. The molecule has 2 fully saturated rings. The highest BCUT2D eigenvalue weighted by Gasteiger charge is 2.36. The highest BCUT2D eigenvalue weighted by Crippen LogP contribution is 2.43. The van der Waals surface area contributed by atoms with E-state index in [2.05, 4.69) is 44.5 Å². The predicted octanol–water partition coefficient (Wildman–Crippen LogP) is 4.41. The average molecular weight is 398 g/mol. The molecule has 5 rings (SSSR count). The summed E-state index contributed by atoms with van der Waals surface area (Å²) in [5, 5.41) is 26.5. The highest BCUT2D eigenvalue weighted by atomic mass is 32.1. The van der Waals surface area contributed by atoms with E-state index in [1.807, 2.05) is 17.5 Å². The van der Waals surface area contributed by atoms with Crippen molar-refractivity contribution >= 4 is 21.4 Å². The van der Waals surface area contributed by atoms with E-state index in [0.29, 0.717) is 17.8 Å². The summed E-state index contributed by atoms with van der Waals surface area (Å²) in [7, 11) is 0. The normalized spacial score (nSPS) is 25.9. The van der Waals surface area contributed by atoms with Crippen molar-refractivity contribution in [2.75, 3.05) is 19.6 Å². The Kier molecular flexibility index (Phi) is 4.72. The number of nitrogens with one attached hydrogen (secondary N) is 1. The van der Waals surface area contributed by atoms with E-state index >= 15 is 0 Å². The smallest absolute Gasteiger partial charge is 0.172 e. The van der Waals surface area contributed by atoms with Crippen LogP contribution in [0.1, 0.15) is 44.3 Å². The lowest BCUT2D eigenvalue weighted by Crippen LogP contribution is -2.45. The van der Waals surface area contributed by atoms with Crippen molar-refractivity contribution < 1.29 is 5.11 Å². The van der Waals surface area contributed by atoms with Crippen LogP contribution < -0.4 is 5.32 Å². The molecule has 2 aliphatic heterocycles. The fourth-order valence-corrected chi connectivity index (χ4v) is 5.09. The number of aromatic hydroxyl groups is 1. The van der Waals surface area contributed by atoms with Gasteiger partial charge in [0, 0.05) is 40.5 Å². The zero-order valence-electron chi connectivity index (χ0n) is 16.2. The van der Waals surface area contributed by atoms with Gasteiger partial charge in [-0.15, -0.1) is 16.5 Å². The van der Waals surface area contributed by atoms with Gasteiger partial charge in [-0.3, -0.25) is 0 Å². The number of azo groups is 1. The summed E-state index contributed by atoms with van der Waals surface area (Å²) >= 11 is 1.64. The number of rotatable bonds is 5. The summed E-state index contributed by atoms with van der Waals surface area (Å²) < 4.78 is 1.10. The monoisotopic (exact) mass is 397 g/mol. The number of piperidine rings is 1. The Hall–Kier alpha value is -2.12. The standard InChI is InChI=1S/C21H27N5OS/c1-2-25-10-3-4-14(12-25)22-19-13-26(15-5-6-15)21(24-23-19)17-7-8-18-16(20(17)27)9-11-28-18/h7-9,11,13-15,21-22,27H,2-6,10,12H2,1H3/t14?,21-/m0/s1. The maximum atomic E-state index is 10.8. The lowest BCUT2D eigenvalue weighted by molar-refractivity contribution is 0.199. The first-order chi connectivity index (χ1) is 13.7. The van der Waals surface area contributed by atoms with Crippen LogP contribution >= 0.6 is 11.3 Å². The molecular formula is C21H27N5OS. The Bertz CT molecular complexity index is 919. The molecule has 2 atom stereocenters. The number of fused-ring (bicyclic) bond motifs is 1. The number of phenols is 1. The van der Waals surface area contributed by atoms with Crippen LogP contribution in [-0.2, 0) is 0 Å². The molecule has 28 heavy (non-hydrogen) atoms. The molecular weight excluding hydrogens is 370 g/mol. The number of benzene rings is 1. The molecule has 7 heteroatoms. The molecule has 0 bridgehead atoms. The summed E-state index contributed by atoms with van der Waals surface area (Å²) in [6, 6.07) is 6.96. The minimum absolute atomic E-state index is 0.249. The average Bonchev–Trinajstić information content (AvgIpc) is 3.45. The Balaban J connectivity index is 1.38. The summed E-state index contributed by atoms with van der Waals surface area (Å²) in [4.78, 5) is 4.76. The van der Waals surface area contributed by atoms with Crippen LogP contribution in [0.5, 0.6) is 5.75 Å². The van der Waals surface area contributed by atoms with Gasteiger partial charge in [-0.2, -0.15) is 5.11 Å². The summed E-state index contributed by atoms with van der Waals surface area (Å²) in [6.45, 7) is 5.57. The topological polar surface area (TPSA) is 63.5 Å². The maximum absolute atomic E-state index is 10.8. The quantitative estimate of drug-likeness (QED) is 0.784. The maximum Gasteiger partial charge on any atom is 0.172 e. The van der Waals surface area contributed by atoms with Crippen molar-refractivity contribution in [1.82, 2.24) is 15.1 Å². The van der Waals surface area contributed by atoms with Gasteiger partial charge in [-0.05, 0) is 62.4 Å². The van der Waals surface area contributed by atoms with Crippen LogP contribution in [-0.4, -0.2) is 46.6 Å². The molecule has 2 aromatic rings. The molecule has 1 saturated carbocycles. The molecule has 0 radical (unpaired) electrons. The summed E-state index contributed by atoms with van der Waals surface area (Å²) in [5.74, 6) is 1.19. The molecule has 2 N–H and O–H groups in total. The van der Waals surface area contributed by atoms with Gasteiger partial charge in [-0.25, -0.2) is 0 Å². The van der Waals surface area contributed by atoms with Crippen LogP contribution in [0, 0.1) is 0 Å². The van der Waals surface area contributed by atoms with E-state index in [1.54, 1.807) is 11.3 Å². The minimum atomic E-state index is -0.249. The number of thiophene rings is 1. The molecule has 1 unspecified atom stereocenters. The molecule has 1 aromatic heterocycles. The van der Waals surface area contributed by atoms with Crippen molar-refractivity contribution in [1.29, 1.82) is 0 Å². The van der Waals surface area contributed by atoms with Crippen LogP contribution in [0.4, 0.5) is 0 Å². The van der Waals surface area contributed by atoms with Gasteiger partial charge in [-0.1, -0.05) is 6.92 Å². The van der Waals surface area contributed by atoms with Gasteiger partial charge in [0.25, 0.3) is 0 Å². The molecule has 1 aliphatic carbocycles. The second-order valence-corrected chi connectivity index (χ2v) is 8.94.